The maximum absolute atomic E-state index is 12.2. The Morgan fingerprint density at radius 1 is 1.10 bits per heavy atom. The number of hydrogen-bond acceptors (Lipinski definition) is 4. The van der Waals surface area contributed by atoms with Gasteiger partial charge in [0.1, 0.15) is 11.2 Å². The van der Waals surface area contributed by atoms with Gasteiger partial charge in [-0.1, -0.05) is 30.3 Å². The van der Waals surface area contributed by atoms with Crippen molar-refractivity contribution in [3.8, 4) is 11.3 Å². The van der Waals surface area contributed by atoms with E-state index >= 15 is 0 Å². The van der Waals surface area contributed by atoms with E-state index in [1.54, 1.807) is 23.0 Å². The van der Waals surface area contributed by atoms with Crippen molar-refractivity contribution < 1.29 is 0 Å². The maximum atomic E-state index is 12.2. The van der Waals surface area contributed by atoms with Crippen LogP contribution in [0.3, 0.4) is 0 Å². The number of benzene rings is 1. The maximum Gasteiger partial charge on any atom is 0.276 e. The molecule has 0 saturated heterocycles. The summed E-state index contributed by atoms with van der Waals surface area (Å²) in [5.41, 5.74) is 2.72. The number of fused-ring (bicyclic) bond motifs is 3. The summed E-state index contributed by atoms with van der Waals surface area (Å²) in [6.07, 6.45) is 3.26. The predicted octanol–water partition coefficient (Wildman–Crippen LogP) is 1.63. The van der Waals surface area contributed by atoms with Crippen LogP contribution in [0.4, 0.5) is 0 Å². The predicted molar refractivity (Wildman–Crippen MR) is 74.3 cm³/mol. The van der Waals surface area contributed by atoms with E-state index in [-0.39, 0.29) is 5.56 Å². The second kappa shape index (κ2) is 3.99. The van der Waals surface area contributed by atoms with Gasteiger partial charge in [-0.15, -0.1) is 0 Å². The lowest BCUT2D eigenvalue weighted by atomic mass is 10.1. The molecular formula is C14H9N5O. The summed E-state index contributed by atoms with van der Waals surface area (Å²) < 4.78 is 1.57. The molecule has 96 valence electrons. The van der Waals surface area contributed by atoms with Gasteiger partial charge in [0.15, 0.2) is 11.3 Å². The quantitative estimate of drug-likeness (QED) is 0.566. The van der Waals surface area contributed by atoms with Crippen LogP contribution in [-0.4, -0.2) is 24.6 Å². The van der Waals surface area contributed by atoms with Gasteiger partial charge in [-0.05, 0) is 0 Å². The average molecular weight is 263 g/mol. The molecule has 0 bridgehead atoms. The van der Waals surface area contributed by atoms with Crippen LogP contribution in [0.5, 0.6) is 0 Å². The molecule has 6 nitrogen and oxygen atoms in total. The molecule has 0 spiro atoms. The third-order valence-corrected chi connectivity index (χ3v) is 3.12. The van der Waals surface area contributed by atoms with Crippen molar-refractivity contribution in [2.45, 2.75) is 0 Å². The first-order valence-corrected chi connectivity index (χ1v) is 6.11. The molecule has 20 heavy (non-hydrogen) atoms. The highest BCUT2D eigenvalue weighted by Gasteiger charge is 2.10. The molecule has 4 aromatic rings. The van der Waals surface area contributed by atoms with Crippen molar-refractivity contribution in [3.05, 3.63) is 59.1 Å². The lowest BCUT2D eigenvalue weighted by Crippen LogP contribution is -2.13. The second-order valence-corrected chi connectivity index (χ2v) is 4.37. The van der Waals surface area contributed by atoms with Gasteiger partial charge in [0.2, 0.25) is 0 Å². The Balaban J connectivity index is 2.08. The molecule has 0 atom stereocenters. The SMILES string of the molecule is O=c1[nH]c2c(cnc3ccnn32)nc1-c1ccccc1. The number of nitrogens with one attached hydrogen (secondary N) is 1. The zero-order chi connectivity index (χ0) is 13.5. The Bertz CT molecular complexity index is 971. The minimum Gasteiger partial charge on any atom is -0.303 e. The standard InChI is InChI=1S/C14H9N5O/c20-14-12(9-4-2-1-3-5-9)17-10-8-15-11-6-7-16-19(11)13(10)18-14/h1-8H,(H,18,20). The lowest BCUT2D eigenvalue weighted by Gasteiger charge is -2.03. The summed E-state index contributed by atoms with van der Waals surface area (Å²) >= 11 is 0. The summed E-state index contributed by atoms with van der Waals surface area (Å²) in [6.45, 7) is 0. The highest BCUT2D eigenvalue weighted by molar-refractivity contribution is 5.75. The summed E-state index contributed by atoms with van der Waals surface area (Å²) in [5, 5.41) is 4.13. The molecule has 3 heterocycles. The molecule has 0 aliphatic heterocycles. The minimum absolute atomic E-state index is 0.244. The van der Waals surface area contributed by atoms with E-state index in [0.29, 0.717) is 22.5 Å². The molecule has 0 radical (unpaired) electrons. The number of aromatic nitrogens is 5. The highest BCUT2D eigenvalue weighted by Crippen LogP contribution is 2.15. The van der Waals surface area contributed by atoms with Gasteiger partial charge in [0.25, 0.3) is 5.56 Å². The number of hydrogen-bond donors (Lipinski definition) is 1. The van der Waals surface area contributed by atoms with E-state index in [4.69, 9.17) is 0 Å². The van der Waals surface area contributed by atoms with Crippen LogP contribution in [0.2, 0.25) is 0 Å². The number of aromatic amines is 1. The summed E-state index contributed by atoms with van der Waals surface area (Å²) in [5.74, 6) is 0. The summed E-state index contributed by atoms with van der Waals surface area (Å²) in [7, 11) is 0. The van der Waals surface area contributed by atoms with E-state index in [1.807, 2.05) is 30.3 Å². The molecule has 1 N–H and O–H groups in total. The van der Waals surface area contributed by atoms with Crippen LogP contribution < -0.4 is 5.56 Å². The van der Waals surface area contributed by atoms with E-state index in [0.717, 1.165) is 5.56 Å². The molecule has 0 unspecified atom stereocenters. The van der Waals surface area contributed by atoms with Crippen LogP contribution in [0.25, 0.3) is 28.1 Å². The third kappa shape index (κ3) is 1.51. The van der Waals surface area contributed by atoms with Gasteiger partial charge in [-0.2, -0.15) is 9.61 Å². The topological polar surface area (TPSA) is 75.9 Å². The van der Waals surface area contributed by atoms with E-state index in [2.05, 4.69) is 20.1 Å². The van der Waals surface area contributed by atoms with Crippen molar-refractivity contribution >= 4 is 16.8 Å². The molecule has 4 rings (SSSR count). The lowest BCUT2D eigenvalue weighted by molar-refractivity contribution is 0.951. The number of nitrogens with zero attached hydrogens (tertiary/aromatic N) is 4. The van der Waals surface area contributed by atoms with Crippen molar-refractivity contribution in [2.75, 3.05) is 0 Å². The fourth-order valence-electron chi connectivity index (χ4n) is 2.19. The van der Waals surface area contributed by atoms with Crippen LogP contribution in [0, 0.1) is 0 Å². The highest BCUT2D eigenvalue weighted by atomic mass is 16.1. The Labute approximate surface area is 112 Å². The van der Waals surface area contributed by atoms with Gasteiger partial charge in [-0.3, -0.25) is 4.79 Å². The van der Waals surface area contributed by atoms with Crippen molar-refractivity contribution in [1.29, 1.82) is 0 Å². The molecule has 0 amide bonds. The smallest absolute Gasteiger partial charge is 0.276 e. The van der Waals surface area contributed by atoms with Crippen LogP contribution in [-0.2, 0) is 0 Å². The Hall–Kier alpha value is -3.02. The van der Waals surface area contributed by atoms with Crippen LogP contribution in [0.1, 0.15) is 0 Å². The van der Waals surface area contributed by atoms with Crippen LogP contribution >= 0.6 is 0 Å². The molecule has 6 heteroatoms. The molecule has 1 aromatic carbocycles. The minimum atomic E-state index is -0.244. The van der Waals surface area contributed by atoms with E-state index < -0.39 is 0 Å². The molecule has 0 saturated carbocycles. The second-order valence-electron chi connectivity index (χ2n) is 4.37. The fraction of sp³-hybridized carbons (Fsp3) is 0. The van der Waals surface area contributed by atoms with Gasteiger partial charge in [0.05, 0.1) is 12.4 Å². The van der Waals surface area contributed by atoms with E-state index in [1.165, 1.54) is 0 Å². The Kier molecular flexibility index (Phi) is 2.17. The normalized spacial score (nSPS) is 11.2. The zero-order valence-corrected chi connectivity index (χ0v) is 10.3. The van der Waals surface area contributed by atoms with Crippen LogP contribution in [0.15, 0.2) is 53.6 Å². The molecule has 0 aliphatic carbocycles. The summed E-state index contributed by atoms with van der Waals surface area (Å²) in [4.78, 5) is 23.7. The van der Waals surface area contributed by atoms with Crippen molar-refractivity contribution in [2.24, 2.45) is 0 Å². The molecule has 0 fully saturated rings. The summed E-state index contributed by atoms with van der Waals surface area (Å²) in [6, 6.07) is 11.1. The molecule has 3 aromatic heterocycles. The van der Waals surface area contributed by atoms with Gasteiger partial charge >= 0.3 is 0 Å². The van der Waals surface area contributed by atoms with E-state index in [9.17, 15) is 4.79 Å². The van der Waals surface area contributed by atoms with Gasteiger partial charge < -0.3 is 4.98 Å². The first-order chi connectivity index (χ1) is 9.83. The third-order valence-electron chi connectivity index (χ3n) is 3.12. The largest absolute Gasteiger partial charge is 0.303 e. The number of H-pyrrole nitrogens is 1. The zero-order valence-electron chi connectivity index (χ0n) is 10.3. The van der Waals surface area contributed by atoms with Gasteiger partial charge in [-0.25, -0.2) is 9.97 Å². The van der Waals surface area contributed by atoms with Crippen molar-refractivity contribution in [1.82, 2.24) is 24.6 Å². The van der Waals surface area contributed by atoms with Crippen molar-refractivity contribution in [3.63, 3.8) is 0 Å². The fourth-order valence-corrected chi connectivity index (χ4v) is 2.19. The molecule has 0 aliphatic rings. The Morgan fingerprint density at radius 3 is 2.80 bits per heavy atom. The first-order valence-electron chi connectivity index (χ1n) is 6.11. The molecular weight excluding hydrogens is 254 g/mol. The average Bonchev–Trinajstić information content (AvgIpc) is 2.96. The van der Waals surface area contributed by atoms with Gasteiger partial charge in [0, 0.05) is 11.6 Å². The number of rotatable bonds is 1. The monoisotopic (exact) mass is 263 g/mol. The Morgan fingerprint density at radius 2 is 1.95 bits per heavy atom. The first kappa shape index (κ1) is 10.9.